The smallest absolute Gasteiger partial charge is 0.166 e. The second kappa shape index (κ2) is 7.58. The fraction of sp³-hybridized carbons (Fsp3) is 0.583. The fourth-order valence-electron chi connectivity index (χ4n) is 1.22. The zero-order valence-electron chi connectivity index (χ0n) is 10.3. The monoisotopic (exact) mass is 234 g/mol. The predicted octanol–water partition coefficient (Wildman–Crippen LogP) is 1.82. The van der Waals surface area contributed by atoms with Crippen LogP contribution in [0.25, 0.3) is 0 Å². The lowest BCUT2D eigenvalue weighted by Gasteiger charge is -2.08. The maximum Gasteiger partial charge on any atom is 0.166 e. The SMILES string of the molecule is CC(C)CCOCCNc1nnccc1C#N. The summed E-state index contributed by atoms with van der Waals surface area (Å²) in [4.78, 5) is 0. The summed E-state index contributed by atoms with van der Waals surface area (Å²) in [5.74, 6) is 1.18. The van der Waals surface area contributed by atoms with Crippen LogP contribution >= 0.6 is 0 Å². The van der Waals surface area contributed by atoms with E-state index in [1.807, 2.05) is 0 Å². The van der Waals surface area contributed by atoms with E-state index in [1.165, 1.54) is 6.20 Å². The molecule has 1 aromatic rings. The summed E-state index contributed by atoms with van der Waals surface area (Å²) in [7, 11) is 0. The van der Waals surface area contributed by atoms with Crippen molar-refractivity contribution in [2.45, 2.75) is 20.3 Å². The molecule has 17 heavy (non-hydrogen) atoms. The number of hydrogen-bond donors (Lipinski definition) is 1. The molecule has 92 valence electrons. The van der Waals surface area contributed by atoms with Crippen molar-refractivity contribution in [1.29, 1.82) is 5.26 Å². The number of nitrogens with one attached hydrogen (secondary N) is 1. The Balaban J connectivity index is 2.20. The van der Waals surface area contributed by atoms with Gasteiger partial charge in [0.2, 0.25) is 0 Å². The molecule has 1 rings (SSSR count). The van der Waals surface area contributed by atoms with Crippen LogP contribution in [0.4, 0.5) is 5.82 Å². The van der Waals surface area contributed by atoms with Gasteiger partial charge in [0.05, 0.1) is 18.4 Å². The molecule has 0 unspecified atom stereocenters. The van der Waals surface area contributed by atoms with Crippen molar-refractivity contribution in [3.63, 3.8) is 0 Å². The molecule has 0 spiro atoms. The third-order valence-electron chi connectivity index (χ3n) is 2.22. The van der Waals surface area contributed by atoms with E-state index in [0.29, 0.717) is 30.5 Å². The minimum Gasteiger partial charge on any atom is -0.380 e. The van der Waals surface area contributed by atoms with Gasteiger partial charge in [0.25, 0.3) is 0 Å². The van der Waals surface area contributed by atoms with Gasteiger partial charge in [0, 0.05) is 13.2 Å². The van der Waals surface area contributed by atoms with Gasteiger partial charge in [-0.3, -0.25) is 0 Å². The van der Waals surface area contributed by atoms with Crippen molar-refractivity contribution in [3.05, 3.63) is 17.8 Å². The van der Waals surface area contributed by atoms with Crippen molar-refractivity contribution < 1.29 is 4.74 Å². The Kier molecular flexibility index (Phi) is 5.97. The van der Waals surface area contributed by atoms with Crippen LogP contribution in [0.3, 0.4) is 0 Å². The second-order valence-corrected chi connectivity index (χ2v) is 4.13. The molecule has 0 aliphatic heterocycles. The van der Waals surface area contributed by atoms with Gasteiger partial charge in [-0.25, -0.2) is 0 Å². The lowest BCUT2D eigenvalue weighted by Crippen LogP contribution is -2.12. The lowest BCUT2D eigenvalue weighted by molar-refractivity contribution is 0.132. The Hall–Kier alpha value is -1.67. The summed E-state index contributed by atoms with van der Waals surface area (Å²) >= 11 is 0. The van der Waals surface area contributed by atoms with Crippen LogP contribution < -0.4 is 5.32 Å². The molecule has 0 aliphatic carbocycles. The van der Waals surface area contributed by atoms with E-state index in [1.54, 1.807) is 6.07 Å². The molecule has 0 bridgehead atoms. The van der Waals surface area contributed by atoms with E-state index < -0.39 is 0 Å². The van der Waals surface area contributed by atoms with Crippen LogP contribution in [0.15, 0.2) is 12.3 Å². The van der Waals surface area contributed by atoms with Gasteiger partial charge in [-0.2, -0.15) is 10.4 Å². The van der Waals surface area contributed by atoms with Gasteiger partial charge >= 0.3 is 0 Å². The van der Waals surface area contributed by atoms with E-state index in [9.17, 15) is 0 Å². The second-order valence-electron chi connectivity index (χ2n) is 4.13. The first-order chi connectivity index (χ1) is 8.24. The number of rotatable bonds is 7. The van der Waals surface area contributed by atoms with E-state index >= 15 is 0 Å². The Morgan fingerprint density at radius 3 is 3.00 bits per heavy atom. The molecule has 0 atom stereocenters. The van der Waals surface area contributed by atoms with Crippen molar-refractivity contribution in [2.75, 3.05) is 25.1 Å². The Morgan fingerprint density at radius 2 is 2.29 bits per heavy atom. The van der Waals surface area contributed by atoms with Gasteiger partial charge in [-0.15, -0.1) is 5.10 Å². The Bertz CT molecular complexity index is 373. The standard InChI is InChI=1S/C12H18N4O/c1-10(2)4-7-17-8-6-14-12-11(9-13)3-5-15-16-12/h3,5,10H,4,6-8H2,1-2H3,(H,14,16). The highest BCUT2D eigenvalue weighted by atomic mass is 16.5. The van der Waals surface area contributed by atoms with Crippen LogP contribution in [0.5, 0.6) is 0 Å². The first kappa shape index (κ1) is 13.4. The van der Waals surface area contributed by atoms with E-state index in [2.05, 4.69) is 35.4 Å². The predicted molar refractivity (Wildman–Crippen MR) is 65.5 cm³/mol. The van der Waals surface area contributed by atoms with Crippen molar-refractivity contribution >= 4 is 5.82 Å². The molecular weight excluding hydrogens is 216 g/mol. The topological polar surface area (TPSA) is 70.8 Å². The first-order valence-electron chi connectivity index (χ1n) is 5.77. The molecule has 1 N–H and O–H groups in total. The minimum absolute atomic E-state index is 0.502. The number of aromatic nitrogens is 2. The van der Waals surface area contributed by atoms with Crippen molar-refractivity contribution in [2.24, 2.45) is 5.92 Å². The maximum absolute atomic E-state index is 8.83. The van der Waals surface area contributed by atoms with Crippen molar-refractivity contribution in [3.8, 4) is 6.07 Å². The molecular formula is C12H18N4O. The molecule has 5 heteroatoms. The third-order valence-corrected chi connectivity index (χ3v) is 2.22. The summed E-state index contributed by atoms with van der Waals surface area (Å²) in [5, 5.41) is 19.4. The molecule has 0 fully saturated rings. The average molecular weight is 234 g/mol. The van der Waals surface area contributed by atoms with E-state index in [0.717, 1.165) is 13.0 Å². The Morgan fingerprint density at radius 1 is 1.47 bits per heavy atom. The number of anilines is 1. The molecule has 1 heterocycles. The van der Waals surface area contributed by atoms with E-state index in [-0.39, 0.29) is 0 Å². The summed E-state index contributed by atoms with van der Waals surface area (Å²) in [6, 6.07) is 3.69. The highest BCUT2D eigenvalue weighted by molar-refractivity contribution is 5.49. The highest BCUT2D eigenvalue weighted by Crippen LogP contribution is 2.07. The normalized spacial score (nSPS) is 10.2. The number of ether oxygens (including phenoxy) is 1. The van der Waals surface area contributed by atoms with Gasteiger partial charge in [-0.1, -0.05) is 13.8 Å². The summed E-state index contributed by atoms with van der Waals surface area (Å²) in [6.07, 6.45) is 2.57. The molecule has 0 amide bonds. The molecule has 0 radical (unpaired) electrons. The summed E-state index contributed by atoms with van der Waals surface area (Å²) in [5.41, 5.74) is 0.502. The van der Waals surface area contributed by atoms with E-state index in [4.69, 9.17) is 10.00 Å². The molecule has 1 aromatic heterocycles. The van der Waals surface area contributed by atoms with Crippen LogP contribution in [-0.2, 0) is 4.74 Å². The van der Waals surface area contributed by atoms with Crippen LogP contribution in [0, 0.1) is 17.2 Å². The maximum atomic E-state index is 8.83. The van der Waals surface area contributed by atoms with Gasteiger partial charge in [-0.05, 0) is 18.4 Å². The van der Waals surface area contributed by atoms with Crippen LogP contribution in [0.2, 0.25) is 0 Å². The van der Waals surface area contributed by atoms with Gasteiger partial charge in [0.1, 0.15) is 6.07 Å². The zero-order chi connectivity index (χ0) is 12.5. The zero-order valence-corrected chi connectivity index (χ0v) is 10.3. The van der Waals surface area contributed by atoms with Crippen molar-refractivity contribution in [1.82, 2.24) is 10.2 Å². The largest absolute Gasteiger partial charge is 0.380 e. The van der Waals surface area contributed by atoms with Gasteiger partial charge in [0.15, 0.2) is 5.82 Å². The molecule has 5 nitrogen and oxygen atoms in total. The third kappa shape index (κ3) is 5.27. The minimum atomic E-state index is 0.502. The highest BCUT2D eigenvalue weighted by Gasteiger charge is 2.01. The summed E-state index contributed by atoms with van der Waals surface area (Å²) in [6.45, 7) is 6.34. The van der Waals surface area contributed by atoms with Crippen LogP contribution in [-0.4, -0.2) is 30.0 Å². The molecule has 0 saturated heterocycles. The Labute approximate surface area is 102 Å². The van der Waals surface area contributed by atoms with Gasteiger partial charge < -0.3 is 10.1 Å². The van der Waals surface area contributed by atoms with Crippen LogP contribution in [0.1, 0.15) is 25.8 Å². The molecule has 0 saturated carbocycles. The quantitative estimate of drug-likeness (QED) is 0.729. The molecule has 0 aromatic carbocycles. The number of hydrogen-bond acceptors (Lipinski definition) is 5. The summed E-state index contributed by atoms with van der Waals surface area (Å²) < 4.78 is 5.45. The average Bonchev–Trinajstić information content (AvgIpc) is 2.33. The number of nitriles is 1. The molecule has 0 aliphatic rings. The lowest BCUT2D eigenvalue weighted by atomic mass is 10.1. The number of nitrogens with zero attached hydrogens (tertiary/aromatic N) is 3. The fourth-order valence-corrected chi connectivity index (χ4v) is 1.22. The first-order valence-corrected chi connectivity index (χ1v) is 5.77.